The number of hydrogen-bond donors (Lipinski definition) is 1. The van der Waals surface area contributed by atoms with Crippen molar-refractivity contribution in [1.29, 1.82) is 0 Å². The molecule has 1 amide bonds. The molecule has 152 valence electrons. The Bertz CT molecular complexity index is 946. The average molecular weight is 410 g/mol. The summed E-state index contributed by atoms with van der Waals surface area (Å²) in [7, 11) is -3.71. The van der Waals surface area contributed by atoms with E-state index in [1.54, 1.807) is 0 Å². The van der Waals surface area contributed by atoms with E-state index in [0.29, 0.717) is 0 Å². The van der Waals surface area contributed by atoms with Crippen LogP contribution in [0.4, 0.5) is 20.2 Å². The first kappa shape index (κ1) is 21.8. The number of halogens is 2. The third kappa shape index (κ3) is 5.76. The van der Waals surface area contributed by atoms with Crippen LogP contribution in [-0.2, 0) is 14.8 Å². The third-order valence-electron chi connectivity index (χ3n) is 4.21. The fourth-order valence-corrected chi connectivity index (χ4v) is 3.79. The van der Waals surface area contributed by atoms with Crippen LogP contribution < -0.4 is 9.62 Å². The zero-order valence-electron chi connectivity index (χ0n) is 16.1. The van der Waals surface area contributed by atoms with E-state index in [-0.39, 0.29) is 36.9 Å². The molecule has 0 heterocycles. The number of carbonyl (C=O) groups is 1. The molecule has 0 fully saturated rings. The van der Waals surface area contributed by atoms with Gasteiger partial charge in [0.1, 0.15) is 0 Å². The molecule has 2 aromatic rings. The van der Waals surface area contributed by atoms with Crippen molar-refractivity contribution in [3.63, 3.8) is 0 Å². The topological polar surface area (TPSA) is 66.5 Å². The number of anilines is 2. The number of benzene rings is 2. The maximum atomic E-state index is 13.5. The van der Waals surface area contributed by atoms with Crippen molar-refractivity contribution >= 4 is 27.3 Å². The summed E-state index contributed by atoms with van der Waals surface area (Å²) < 4.78 is 51.6. The minimum Gasteiger partial charge on any atom is -0.326 e. The van der Waals surface area contributed by atoms with Crippen LogP contribution in [-0.4, -0.2) is 27.1 Å². The summed E-state index contributed by atoms with van der Waals surface area (Å²) >= 11 is 0. The Kier molecular flexibility index (Phi) is 7.12. The molecule has 0 radical (unpaired) electrons. The van der Waals surface area contributed by atoms with Crippen LogP contribution in [0.2, 0.25) is 0 Å². The molecule has 1 N–H and O–H groups in total. The Morgan fingerprint density at radius 1 is 1.11 bits per heavy atom. The van der Waals surface area contributed by atoms with E-state index in [1.165, 1.54) is 6.07 Å². The predicted octanol–water partition coefficient (Wildman–Crippen LogP) is 4.27. The summed E-state index contributed by atoms with van der Waals surface area (Å²) in [6, 6.07) is 10.4. The van der Waals surface area contributed by atoms with Crippen LogP contribution in [0.15, 0.2) is 42.5 Å². The number of sulfonamides is 1. The Hall–Kier alpha value is -2.48. The van der Waals surface area contributed by atoms with E-state index < -0.39 is 21.7 Å². The molecule has 0 aliphatic rings. The van der Waals surface area contributed by atoms with Gasteiger partial charge in [-0.1, -0.05) is 32.0 Å². The van der Waals surface area contributed by atoms with Gasteiger partial charge in [0.05, 0.1) is 11.9 Å². The highest BCUT2D eigenvalue weighted by Gasteiger charge is 2.19. The van der Waals surface area contributed by atoms with Gasteiger partial charge in [0.15, 0.2) is 11.6 Å². The van der Waals surface area contributed by atoms with Crippen molar-refractivity contribution in [1.82, 2.24) is 0 Å². The van der Waals surface area contributed by atoms with Gasteiger partial charge in [0.25, 0.3) is 0 Å². The van der Waals surface area contributed by atoms with E-state index in [4.69, 9.17) is 0 Å². The van der Waals surface area contributed by atoms with Gasteiger partial charge in [-0.3, -0.25) is 9.10 Å². The number of para-hydroxylation sites is 1. The first-order chi connectivity index (χ1) is 13.1. The van der Waals surface area contributed by atoms with Gasteiger partial charge in [-0.2, -0.15) is 0 Å². The number of nitrogens with zero attached hydrogens (tertiary/aromatic N) is 1. The maximum Gasteiger partial charge on any atom is 0.232 e. The molecule has 0 spiro atoms. The van der Waals surface area contributed by atoms with Crippen LogP contribution in [0.3, 0.4) is 0 Å². The summed E-state index contributed by atoms with van der Waals surface area (Å²) in [4.78, 5) is 12.3. The zero-order valence-corrected chi connectivity index (χ0v) is 16.9. The largest absolute Gasteiger partial charge is 0.326 e. The molecule has 0 aromatic heterocycles. The highest BCUT2D eigenvalue weighted by molar-refractivity contribution is 7.92. The monoisotopic (exact) mass is 410 g/mol. The molecule has 5 nitrogen and oxygen atoms in total. The SMILES string of the molecule is CC(C)c1ccccc1NC(=O)CCCN(c1ccc(F)c(F)c1)S(C)(=O)=O. The third-order valence-corrected chi connectivity index (χ3v) is 5.41. The van der Waals surface area contributed by atoms with Crippen molar-refractivity contribution in [2.75, 3.05) is 22.4 Å². The number of hydrogen-bond acceptors (Lipinski definition) is 3. The number of amides is 1. The standard InChI is InChI=1S/C20H24F2N2O3S/c1-14(2)16-7-4-5-8-19(16)23-20(25)9-6-12-24(28(3,26)27)15-10-11-17(21)18(22)13-15/h4-5,7-8,10-11,13-14H,6,9,12H2,1-3H3,(H,23,25). The van der Waals surface area contributed by atoms with Gasteiger partial charge in [0, 0.05) is 24.7 Å². The number of carbonyl (C=O) groups excluding carboxylic acids is 1. The van der Waals surface area contributed by atoms with Crippen LogP contribution in [0.1, 0.15) is 38.2 Å². The molecule has 0 unspecified atom stereocenters. The summed E-state index contributed by atoms with van der Waals surface area (Å²) in [5.74, 6) is -2.19. The summed E-state index contributed by atoms with van der Waals surface area (Å²) in [5, 5.41) is 2.84. The van der Waals surface area contributed by atoms with Gasteiger partial charge >= 0.3 is 0 Å². The Morgan fingerprint density at radius 2 is 1.79 bits per heavy atom. The molecule has 2 aromatic carbocycles. The first-order valence-corrected chi connectivity index (χ1v) is 10.8. The van der Waals surface area contributed by atoms with E-state index >= 15 is 0 Å². The Morgan fingerprint density at radius 3 is 2.39 bits per heavy atom. The van der Waals surface area contributed by atoms with Gasteiger partial charge < -0.3 is 5.32 Å². The van der Waals surface area contributed by atoms with Gasteiger partial charge in [-0.25, -0.2) is 17.2 Å². The quantitative estimate of drug-likeness (QED) is 0.707. The molecule has 0 saturated carbocycles. The molecular weight excluding hydrogens is 386 g/mol. The number of rotatable bonds is 8. The van der Waals surface area contributed by atoms with Crippen molar-refractivity contribution < 1.29 is 22.0 Å². The van der Waals surface area contributed by atoms with E-state index in [1.807, 2.05) is 38.1 Å². The molecule has 2 rings (SSSR count). The molecule has 0 bridgehead atoms. The molecule has 8 heteroatoms. The van der Waals surface area contributed by atoms with Crippen molar-refractivity contribution in [2.45, 2.75) is 32.6 Å². The molecule has 0 saturated heterocycles. The lowest BCUT2D eigenvalue weighted by Crippen LogP contribution is -2.31. The van der Waals surface area contributed by atoms with E-state index in [2.05, 4.69) is 5.32 Å². The Labute approximate surface area is 164 Å². The highest BCUT2D eigenvalue weighted by atomic mass is 32.2. The van der Waals surface area contributed by atoms with Crippen molar-refractivity contribution in [3.8, 4) is 0 Å². The molecule has 0 aliphatic heterocycles. The highest BCUT2D eigenvalue weighted by Crippen LogP contribution is 2.24. The fraction of sp³-hybridized carbons (Fsp3) is 0.350. The molecule has 0 aliphatic carbocycles. The molecular formula is C20H24F2N2O3S. The van der Waals surface area contributed by atoms with E-state index in [9.17, 15) is 22.0 Å². The van der Waals surface area contributed by atoms with Gasteiger partial charge in [-0.05, 0) is 36.1 Å². The van der Waals surface area contributed by atoms with Crippen molar-refractivity contribution in [2.24, 2.45) is 0 Å². The normalized spacial score (nSPS) is 11.5. The van der Waals surface area contributed by atoms with Crippen LogP contribution in [0, 0.1) is 11.6 Å². The van der Waals surface area contributed by atoms with E-state index in [0.717, 1.165) is 33.9 Å². The summed E-state index contributed by atoms with van der Waals surface area (Å²) in [5.41, 5.74) is 1.76. The lowest BCUT2D eigenvalue weighted by atomic mass is 10.0. The Balaban J connectivity index is 2.03. The number of nitrogens with one attached hydrogen (secondary N) is 1. The second kappa shape index (κ2) is 9.14. The van der Waals surface area contributed by atoms with Crippen LogP contribution in [0.25, 0.3) is 0 Å². The fourth-order valence-electron chi connectivity index (χ4n) is 2.84. The molecule has 0 atom stereocenters. The average Bonchev–Trinajstić information content (AvgIpc) is 2.60. The summed E-state index contributed by atoms with van der Waals surface area (Å²) in [6.07, 6.45) is 1.29. The maximum absolute atomic E-state index is 13.5. The van der Waals surface area contributed by atoms with Gasteiger partial charge in [-0.15, -0.1) is 0 Å². The predicted molar refractivity (Wildman–Crippen MR) is 107 cm³/mol. The smallest absolute Gasteiger partial charge is 0.232 e. The second-order valence-electron chi connectivity index (χ2n) is 6.83. The van der Waals surface area contributed by atoms with Crippen LogP contribution >= 0.6 is 0 Å². The minimum absolute atomic E-state index is 0.0203. The van der Waals surface area contributed by atoms with Gasteiger partial charge in [0.2, 0.25) is 15.9 Å². The minimum atomic E-state index is -3.71. The second-order valence-corrected chi connectivity index (χ2v) is 8.73. The zero-order chi connectivity index (χ0) is 20.9. The first-order valence-electron chi connectivity index (χ1n) is 8.91. The summed E-state index contributed by atoms with van der Waals surface area (Å²) in [6.45, 7) is 4.02. The lowest BCUT2D eigenvalue weighted by Gasteiger charge is -2.22. The van der Waals surface area contributed by atoms with Crippen molar-refractivity contribution in [3.05, 3.63) is 59.7 Å². The van der Waals surface area contributed by atoms with Crippen LogP contribution in [0.5, 0.6) is 0 Å². The molecule has 28 heavy (non-hydrogen) atoms. The lowest BCUT2D eigenvalue weighted by molar-refractivity contribution is -0.116.